The zero-order chi connectivity index (χ0) is 20.1. The minimum atomic E-state index is -0.189. The maximum atomic E-state index is 6.50. The second-order valence-electron chi connectivity index (χ2n) is 7.20. The molecule has 2 N–H and O–H groups in total. The number of halogens is 1. The van der Waals surface area contributed by atoms with Crippen molar-refractivity contribution in [1.82, 2.24) is 35.6 Å². The van der Waals surface area contributed by atoms with Crippen LogP contribution in [0, 0.1) is 0 Å². The van der Waals surface area contributed by atoms with E-state index in [1.165, 1.54) is 0 Å². The summed E-state index contributed by atoms with van der Waals surface area (Å²) in [5, 5.41) is 14.5. The molecule has 5 heterocycles. The van der Waals surface area contributed by atoms with Crippen LogP contribution in [-0.4, -0.2) is 67.1 Å². The number of aromatic nitrogens is 7. The molecule has 2 aliphatic rings. The molecule has 0 aliphatic carbocycles. The summed E-state index contributed by atoms with van der Waals surface area (Å²) in [6.07, 6.45) is 0.763. The zero-order valence-electron chi connectivity index (χ0n) is 15.6. The van der Waals surface area contributed by atoms with Gasteiger partial charge in [-0.3, -0.25) is 0 Å². The number of fused-ring (bicyclic) bond motifs is 2. The van der Waals surface area contributed by atoms with Gasteiger partial charge < -0.3 is 19.2 Å². The molecule has 2 saturated heterocycles. The number of imidazole rings is 1. The molecule has 10 nitrogen and oxygen atoms in total. The smallest absolute Gasteiger partial charge is 0.296 e. The van der Waals surface area contributed by atoms with Crippen LogP contribution in [0.2, 0.25) is 5.02 Å². The summed E-state index contributed by atoms with van der Waals surface area (Å²) in [6.45, 7) is 1.18. The van der Waals surface area contributed by atoms with E-state index in [2.05, 4.69) is 35.6 Å². The van der Waals surface area contributed by atoms with Crippen molar-refractivity contribution < 1.29 is 14.2 Å². The lowest BCUT2D eigenvalue weighted by Gasteiger charge is -2.15. The van der Waals surface area contributed by atoms with Gasteiger partial charge in [0.15, 0.2) is 11.8 Å². The number of nitrogens with zero attached hydrogens (tertiary/aromatic N) is 5. The number of hydrogen-bond acceptors (Lipinski definition) is 8. The van der Waals surface area contributed by atoms with Gasteiger partial charge in [-0.25, -0.2) is 4.98 Å². The topological polar surface area (TPSA) is 124 Å². The monoisotopic (exact) mass is 425 g/mol. The molecule has 0 unspecified atom stereocenters. The quantitative estimate of drug-likeness (QED) is 0.510. The lowest BCUT2D eigenvalue weighted by atomic mass is 10.1. The molecule has 0 bridgehead atoms. The van der Waals surface area contributed by atoms with Crippen LogP contribution in [0.25, 0.3) is 33.8 Å². The number of tetrazole rings is 1. The Morgan fingerprint density at radius 3 is 2.80 bits per heavy atom. The molecule has 152 valence electrons. The van der Waals surface area contributed by atoms with Gasteiger partial charge in [-0.15, -0.1) is 10.2 Å². The Bertz CT molecular complexity index is 1200. The Morgan fingerprint density at radius 1 is 1.10 bits per heavy atom. The molecule has 1 aromatic carbocycles. The van der Waals surface area contributed by atoms with E-state index in [0.717, 1.165) is 17.5 Å². The number of hydrogen-bond donors (Lipinski definition) is 2. The first-order valence-corrected chi connectivity index (χ1v) is 9.93. The van der Waals surface area contributed by atoms with Crippen LogP contribution in [0.3, 0.4) is 0 Å². The van der Waals surface area contributed by atoms with Crippen LogP contribution in [-0.2, 0) is 9.47 Å². The van der Waals surface area contributed by atoms with Gasteiger partial charge in [0.1, 0.15) is 6.10 Å². The fourth-order valence-corrected chi connectivity index (χ4v) is 4.15. The van der Waals surface area contributed by atoms with Crippen LogP contribution in [0.4, 0.5) is 0 Å². The summed E-state index contributed by atoms with van der Waals surface area (Å²) in [6, 6.07) is 9.76. The average molecular weight is 426 g/mol. The van der Waals surface area contributed by atoms with Crippen molar-refractivity contribution in [2.24, 2.45) is 0 Å². The number of H-pyrrole nitrogens is 2. The SMILES string of the molecule is Clc1cc2[nH]c(O[C@@H]3CO[C@@H]4CCO[C@@H]43)nc2nc1-c1ccc(-c2nn[nH]n2)cc1. The van der Waals surface area contributed by atoms with Crippen molar-refractivity contribution in [3.63, 3.8) is 0 Å². The Kier molecular flexibility index (Phi) is 4.15. The van der Waals surface area contributed by atoms with Gasteiger partial charge in [-0.05, 0) is 17.7 Å². The summed E-state index contributed by atoms with van der Waals surface area (Å²) in [4.78, 5) is 12.2. The molecule has 4 aromatic rings. The molecule has 0 amide bonds. The Labute approximate surface area is 174 Å². The third-order valence-electron chi connectivity index (χ3n) is 5.35. The standard InChI is InChI=1S/C19H16ClN7O3/c20-11-7-12-18(23-19(21-12)30-14-8-29-13-5-6-28-16(13)14)22-15(11)9-1-3-10(4-2-9)17-24-26-27-25-17/h1-4,7,13-14,16H,5-6,8H2,(H,21,22,23)(H,24,25,26,27)/t13-,14-,16+/m1/s1. The highest BCUT2D eigenvalue weighted by atomic mass is 35.5. The van der Waals surface area contributed by atoms with E-state index in [9.17, 15) is 0 Å². The van der Waals surface area contributed by atoms with Crippen LogP contribution < -0.4 is 4.74 Å². The number of rotatable bonds is 4. The highest BCUT2D eigenvalue weighted by molar-refractivity contribution is 6.33. The number of ether oxygens (including phenoxy) is 3. The second-order valence-corrected chi connectivity index (χ2v) is 7.60. The first kappa shape index (κ1) is 17.8. The van der Waals surface area contributed by atoms with Crippen molar-refractivity contribution in [1.29, 1.82) is 0 Å². The first-order chi connectivity index (χ1) is 14.7. The third kappa shape index (κ3) is 3.00. The Hall–Kier alpha value is -3.08. The van der Waals surface area contributed by atoms with E-state index in [4.69, 9.17) is 25.8 Å². The Morgan fingerprint density at radius 2 is 1.97 bits per heavy atom. The minimum absolute atomic E-state index is 0.0527. The molecular formula is C19H16ClN7O3. The van der Waals surface area contributed by atoms with Crippen molar-refractivity contribution in [2.45, 2.75) is 24.7 Å². The van der Waals surface area contributed by atoms with Gasteiger partial charge in [0.2, 0.25) is 5.82 Å². The van der Waals surface area contributed by atoms with E-state index >= 15 is 0 Å². The first-order valence-electron chi connectivity index (χ1n) is 9.55. The van der Waals surface area contributed by atoms with E-state index in [0.29, 0.717) is 46.9 Å². The van der Waals surface area contributed by atoms with Gasteiger partial charge in [0.05, 0.1) is 28.9 Å². The highest BCUT2D eigenvalue weighted by Crippen LogP contribution is 2.32. The predicted octanol–water partition coefficient (Wildman–Crippen LogP) is 2.39. The van der Waals surface area contributed by atoms with Crippen molar-refractivity contribution in [3.05, 3.63) is 35.4 Å². The van der Waals surface area contributed by atoms with Crippen LogP contribution in [0.1, 0.15) is 6.42 Å². The molecular weight excluding hydrogens is 410 g/mol. The molecule has 2 aliphatic heterocycles. The van der Waals surface area contributed by atoms with Crippen LogP contribution in [0.5, 0.6) is 6.01 Å². The van der Waals surface area contributed by atoms with E-state index in [1.807, 2.05) is 24.3 Å². The van der Waals surface area contributed by atoms with Gasteiger partial charge >= 0.3 is 0 Å². The number of nitrogens with one attached hydrogen (secondary N) is 2. The van der Waals surface area contributed by atoms with Gasteiger partial charge in [-0.1, -0.05) is 35.9 Å². The minimum Gasteiger partial charge on any atom is -0.456 e. The molecule has 2 fully saturated rings. The molecule has 0 spiro atoms. The van der Waals surface area contributed by atoms with Gasteiger partial charge in [-0.2, -0.15) is 10.2 Å². The molecule has 6 rings (SSSR count). The summed E-state index contributed by atoms with van der Waals surface area (Å²) < 4.78 is 17.4. The molecule has 3 aromatic heterocycles. The lowest BCUT2D eigenvalue weighted by Crippen LogP contribution is -2.32. The summed E-state index contributed by atoms with van der Waals surface area (Å²) in [7, 11) is 0. The largest absolute Gasteiger partial charge is 0.456 e. The fraction of sp³-hybridized carbons (Fsp3) is 0.316. The van der Waals surface area contributed by atoms with E-state index < -0.39 is 0 Å². The predicted molar refractivity (Wildman–Crippen MR) is 106 cm³/mol. The molecule has 0 radical (unpaired) electrons. The van der Waals surface area contributed by atoms with Crippen molar-refractivity contribution >= 4 is 22.8 Å². The number of benzene rings is 1. The van der Waals surface area contributed by atoms with Crippen molar-refractivity contribution in [3.8, 4) is 28.7 Å². The third-order valence-corrected chi connectivity index (χ3v) is 5.64. The van der Waals surface area contributed by atoms with E-state index in [1.54, 1.807) is 6.07 Å². The maximum absolute atomic E-state index is 6.50. The fourth-order valence-electron chi connectivity index (χ4n) is 3.89. The Balaban J connectivity index is 1.28. The summed E-state index contributed by atoms with van der Waals surface area (Å²) >= 11 is 6.50. The second kappa shape index (κ2) is 7.01. The number of aromatic amines is 2. The molecule has 3 atom stereocenters. The number of pyridine rings is 1. The molecule has 0 saturated carbocycles. The average Bonchev–Trinajstić information content (AvgIpc) is 3.54. The van der Waals surface area contributed by atoms with Crippen LogP contribution >= 0.6 is 11.6 Å². The molecule has 11 heteroatoms. The van der Waals surface area contributed by atoms with E-state index in [-0.39, 0.29) is 18.3 Å². The van der Waals surface area contributed by atoms with Crippen molar-refractivity contribution in [2.75, 3.05) is 13.2 Å². The lowest BCUT2D eigenvalue weighted by molar-refractivity contribution is 0.0273. The van der Waals surface area contributed by atoms with Gasteiger partial charge in [0.25, 0.3) is 6.01 Å². The van der Waals surface area contributed by atoms with Gasteiger partial charge in [0, 0.05) is 17.7 Å². The van der Waals surface area contributed by atoms with Crippen LogP contribution in [0.15, 0.2) is 30.3 Å². The normalized spacial score (nSPS) is 23.2. The zero-order valence-corrected chi connectivity index (χ0v) is 16.3. The summed E-state index contributed by atoms with van der Waals surface area (Å²) in [5.41, 5.74) is 3.54. The maximum Gasteiger partial charge on any atom is 0.296 e. The summed E-state index contributed by atoms with van der Waals surface area (Å²) in [5.74, 6) is 0.523. The molecule has 30 heavy (non-hydrogen) atoms. The highest BCUT2D eigenvalue weighted by Gasteiger charge is 2.43.